The highest BCUT2D eigenvalue weighted by atomic mass is 15.2. The molecule has 112 valence electrons. The minimum atomic E-state index is 0.633. The zero-order chi connectivity index (χ0) is 14.7. The van der Waals surface area contributed by atoms with Crippen molar-refractivity contribution in [2.45, 2.75) is 45.6 Å². The summed E-state index contributed by atoms with van der Waals surface area (Å²) in [6, 6.07) is 0.681. The molecule has 2 rings (SSSR count). The van der Waals surface area contributed by atoms with Crippen LogP contribution in [-0.4, -0.2) is 48.1 Å². The van der Waals surface area contributed by atoms with Crippen LogP contribution in [0, 0.1) is 6.92 Å². The number of aryl methyl sites for hydroxylation is 1. The van der Waals surface area contributed by atoms with E-state index in [-0.39, 0.29) is 0 Å². The number of anilines is 2. The predicted octanol–water partition coefficient (Wildman–Crippen LogP) is 1.85. The molecule has 0 radical (unpaired) electrons. The molecule has 1 aromatic rings. The Balaban J connectivity index is 2.16. The minimum Gasteiger partial charge on any atom is -0.383 e. The first kappa shape index (κ1) is 15.0. The first-order valence-corrected chi connectivity index (χ1v) is 7.57. The number of hydrogen-bond acceptors (Lipinski definition) is 5. The quantitative estimate of drug-likeness (QED) is 0.910. The molecule has 0 amide bonds. The van der Waals surface area contributed by atoms with E-state index < -0.39 is 0 Å². The highest BCUT2D eigenvalue weighted by Gasteiger charge is 2.23. The third kappa shape index (κ3) is 3.20. The van der Waals surface area contributed by atoms with E-state index >= 15 is 0 Å². The third-order valence-corrected chi connectivity index (χ3v) is 4.17. The van der Waals surface area contributed by atoms with Crippen LogP contribution >= 0.6 is 0 Å². The lowest BCUT2D eigenvalue weighted by Gasteiger charge is -2.36. The van der Waals surface area contributed by atoms with Gasteiger partial charge >= 0.3 is 0 Å². The van der Waals surface area contributed by atoms with Gasteiger partial charge in [-0.25, -0.2) is 9.97 Å². The van der Waals surface area contributed by atoms with Gasteiger partial charge in [0.15, 0.2) is 0 Å². The Morgan fingerprint density at radius 1 is 1.25 bits per heavy atom. The molecule has 1 aliphatic heterocycles. The van der Waals surface area contributed by atoms with Crippen molar-refractivity contribution in [2.24, 2.45) is 0 Å². The van der Waals surface area contributed by atoms with Gasteiger partial charge in [-0.05, 0) is 40.3 Å². The summed E-state index contributed by atoms with van der Waals surface area (Å²) >= 11 is 0. The van der Waals surface area contributed by atoms with Gasteiger partial charge in [-0.3, -0.25) is 0 Å². The number of nitrogens with two attached hydrogens (primary N) is 1. The van der Waals surface area contributed by atoms with Crippen LogP contribution in [0.4, 0.5) is 11.6 Å². The normalized spacial score (nSPS) is 16.9. The fourth-order valence-electron chi connectivity index (χ4n) is 2.81. The molecule has 0 atom stereocenters. The van der Waals surface area contributed by atoms with Gasteiger partial charge in [0, 0.05) is 31.1 Å². The van der Waals surface area contributed by atoms with E-state index in [0.717, 1.165) is 43.1 Å². The maximum atomic E-state index is 6.05. The maximum absolute atomic E-state index is 6.05. The van der Waals surface area contributed by atoms with Gasteiger partial charge in [-0.1, -0.05) is 6.92 Å². The fraction of sp³-hybridized carbons (Fsp3) is 0.733. The SMILES string of the molecule is CCCc1nc(N)c(C)c(N2CCC(N(C)C)CC2)n1. The van der Waals surface area contributed by atoms with Crippen molar-refractivity contribution in [3.8, 4) is 0 Å². The Labute approximate surface area is 122 Å². The van der Waals surface area contributed by atoms with Gasteiger partial charge in [-0.15, -0.1) is 0 Å². The molecule has 5 nitrogen and oxygen atoms in total. The minimum absolute atomic E-state index is 0.633. The van der Waals surface area contributed by atoms with Crippen LogP contribution in [-0.2, 0) is 6.42 Å². The summed E-state index contributed by atoms with van der Waals surface area (Å²) in [6.07, 6.45) is 4.30. The molecule has 0 bridgehead atoms. The average molecular weight is 277 g/mol. The molecule has 1 saturated heterocycles. The second kappa shape index (κ2) is 6.39. The molecule has 0 aliphatic carbocycles. The van der Waals surface area contributed by atoms with Crippen molar-refractivity contribution < 1.29 is 0 Å². The van der Waals surface area contributed by atoms with E-state index in [1.165, 1.54) is 12.8 Å². The standard InChI is InChI=1S/C15H27N5/c1-5-6-13-17-14(16)11(2)15(18-13)20-9-7-12(8-10-20)19(3)4/h12H,5-10H2,1-4H3,(H2,16,17,18). The summed E-state index contributed by atoms with van der Waals surface area (Å²) < 4.78 is 0. The van der Waals surface area contributed by atoms with E-state index in [1.54, 1.807) is 0 Å². The first-order valence-electron chi connectivity index (χ1n) is 7.57. The Morgan fingerprint density at radius 3 is 2.45 bits per heavy atom. The van der Waals surface area contributed by atoms with E-state index in [0.29, 0.717) is 11.9 Å². The number of aromatic nitrogens is 2. The zero-order valence-electron chi connectivity index (χ0n) is 13.2. The van der Waals surface area contributed by atoms with Crippen LogP contribution in [0.3, 0.4) is 0 Å². The Bertz CT molecular complexity index is 450. The van der Waals surface area contributed by atoms with Gasteiger partial charge in [0.2, 0.25) is 0 Å². The predicted molar refractivity (Wildman–Crippen MR) is 84.1 cm³/mol. The van der Waals surface area contributed by atoms with Gasteiger partial charge < -0.3 is 15.5 Å². The van der Waals surface area contributed by atoms with Crippen LogP contribution in [0.25, 0.3) is 0 Å². The van der Waals surface area contributed by atoms with Crippen LogP contribution < -0.4 is 10.6 Å². The lowest BCUT2D eigenvalue weighted by molar-refractivity contribution is 0.249. The molecule has 20 heavy (non-hydrogen) atoms. The smallest absolute Gasteiger partial charge is 0.137 e. The van der Waals surface area contributed by atoms with Crippen LogP contribution in [0.5, 0.6) is 0 Å². The Hall–Kier alpha value is -1.36. The first-order chi connectivity index (χ1) is 9.52. The number of rotatable bonds is 4. The summed E-state index contributed by atoms with van der Waals surface area (Å²) in [4.78, 5) is 13.8. The lowest BCUT2D eigenvalue weighted by atomic mass is 10.0. The molecule has 0 saturated carbocycles. The molecule has 0 spiro atoms. The van der Waals surface area contributed by atoms with E-state index in [2.05, 4.69) is 35.8 Å². The molecule has 0 aromatic carbocycles. The summed E-state index contributed by atoms with van der Waals surface area (Å²) in [5, 5.41) is 0. The van der Waals surface area contributed by atoms with E-state index in [1.807, 2.05) is 6.92 Å². The molecular weight excluding hydrogens is 250 g/mol. The van der Waals surface area contributed by atoms with Crippen molar-refractivity contribution in [2.75, 3.05) is 37.8 Å². The number of nitrogen functional groups attached to an aromatic ring is 1. The van der Waals surface area contributed by atoms with Gasteiger partial charge in [0.25, 0.3) is 0 Å². The molecule has 1 fully saturated rings. The van der Waals surface area contributed by atoms with Crippen molar-refractivity contribution in [3.05, 3.63) is 11.4 Å². The maximum Gasteiger partial charge on any atom is 0.137 e. The number of nitrogens with zero attached hydrogens (tertiary/aromatic N) is 4. The number of piperidine rings is 1. The van der Waals surface area contributed by atoms with Crippen LogP contribution in [0.1, 0.15) is 37.6 Å². The number of hydrogen-bond donors (Lipinski definition) is 1. The topological polar surface area (TPSA) is 58.3 Å². The van der Waals surface area contributed by atoms with Crippen molar-refractivity contribution >= 4 is 11.6 Å². The average Bonchev–Trinajstić information content (AvgIpc) is 2.43. The summed E-state index contributed by atoms with van der Waals surface area (Å²) in [6.45, 7) is 6.26. The van der Waals surface area contributed by atoms with Crippen molar-refractivity contribution in [1.82, 2.24) is 14.9 Å². The molecule has 2 heterocycles. The summed E-state index contributed by atoms with van der Waals surface area (Å²) in [5.74, 6) is 2.55. The van der Waals surface area contributed by atoms with Crippen LogP contribution in [0.2, 0.25) is 0 Å². The van der Waals surface area contributed by atoms with E-state index in [9.17, 15) is 0 Å². The largest absolute Gasteiger partial charge is 0.383 e. The second-order valence-electron chi connectivity index (χ2n) is 5.91. The summed E-state index contributed by atoms with van der Waals surface area (Å²) in [7, 11) is 4.32. The Morgan fingerprint density at radius 2 is 1.90 bits per heavy atom. The summed E-state index contributed by atoms with van der Waals surface area (Å²) in [5.41, 5.74) is 7.07. The van der Waals surface area contributed by atoms with Crippen LogP contribution in [0.15, 0.2) is 0 Å². The lowest BCUT2D eigenvalue weighted by Crippen LogP contribution is -2.42. The zero-order valence-corrected chi connectivity index (χ0v) is 13.2. The van der Waals surface area contributed by atoms with Gasteiger partial charge in [0.1, 0.15) is 17.5 Å². The molecule has 1 aliphatic rings. The monoisotopic (exact) mass is 277 g/mol. The molecule has 0 unspecified atom stereocenters. The Kier molecular flexibility index (Phi) is 4.81. The van der Waals surface area contributed by atoms with Gasteiger partial charge in [-0.2, -0.15) is 0 Å². The molecule has 1 aromatic heterocycles. The fourth-order valence-corrected chi connectivity index (χ4v) is 2.81. The van der Waals surface area contributed by atoms with Crippen molar-refractivity contribution in [3.63, 3.8) is 0 Å². The van der Waals surface area contributed by atoms with Crippen molar-refractivity contribution in [1.29, 1.82) is 0 Å². The molecular formula is C15H27N5. The molecule has 5 heteroatoms. The third-order valence-electron chi connectivity index (χ3n) is 4.17. The second-order valence-corrected chi connectivity index (χ2v) is 5.91. The highest BCUT2D eigenvalue weighted by Crippen LogP contribution is 2.26. The highest BCUT2D eigenvalue weighted by molar-refractivity contribution is 5.56. The molecule has 2 N–H and O–H groups in total. The van der Waals surface area contributed by atoms with E-state index in [4.69, 9.17) is 10.7 Å². The van der Waals surface area contributed by atoms with Gasteiger partial charge in [0.05, 0.1) is 0 Å².